The molecule has 2 rings (SSSR count). The fraction of sp³-hybridized carbons (Fsp3) is 0.714. The quantitative estimate of drug-likeness (QED) is 0.325. The van der Waals surface area contributed by atoms with Crippen LogP contribution in [-0.2, 0) is 23.8 Å². The molecular formula is C21H34O6S. The Morgan fingerprint density at radius 3 is 2.18 bits per heavy atom. The molecule has 1 saturated heterocycles. The summed E-state index contributed by atoms with van der Waals surface area (Å²) in [5, 5.41) is 0. The topological polar surface area (TPSA) is 71.1 Å². The highest BCUT2D eigenvalue weighted by molar-refractivity contribution is 7.86. The highest BCUT2D eigenvalue weighted by Gasteiger charge is 2.13. The molecule has 0 amide bonds. The van der Waals surface area contributed by atoms with Crippen molar-refractivity contribution in [3.05, 3.63) is 24.3 Å². The molecule has 1 aromatic rings. The van der Waals surface area contributed by atoms with Gasteiger partial charge in [-0.15, -0.1) is 0 Å². The van der Waals surface area contributed by atoms with Crippen molar-refractivity contribution < 1.29 is 26.8 Å². The number of unbranched alkanes of at least 4 members (excludes halogenated alkanes) is 6. The Labute approximate surface area is 169 Å². The molecule has 1 heterocycles. The summed E-state index contributed by atoms with van der Waals surface area (Å²) in [7, 11) is -2.48. The fourth-order valence-corrected chi connectivity index (χ4v) is 3.80. The fourth-order valence-electron chi connectivity index (χ4n) is 3.13. The maximum atomic E-state index is 11.6. The molecule has 0 aromatic heterocycles. The van der Waals surface area contributed by atoms with Crippen molar-refractivity contribution in [3.63, 3.8) is 0 Å². The lowest BCUT2D eigenvalue weighted by Gasteiger charge is -2.22. The van der Waals surface area contributed by atoms with Crippen LogP contribution in [0.5, 0.6) is 5.75 Å². The van der Waals surface area contributed by atoms with Crippen molar-refractivity contribution in [3.8, 4) is 5.75 Å². The van der Waals surface area contributed by atoms with E-state index in [-0.39, 0.29) is 11.2 Å². The largest absolute Gasteiger partial charge is 0.494 e. The van der Waals surface area contributed by atoms with E-state index in [2.05, 4.69) is 4.18 Å². The molecule has 1 aliphatic rings. The Balaban J connectivity index is 1.41. The molecule has 0 saturated carbocycles. The molecule has 7 heteroatoms. The number of rotatable bonds is 14. The van der Waals surface area contributed by atoms with Gasteiger partial charge < -0.3 is 14.2 Å². The van der Waals surface area contributed by atoms with E-state index in [1.807, 2.05) is 0 Å². The summed E-state index contributed by atoms with van der Waals surface area (Å²) in [4.78, 5) is 0.138. The molecule has 1 unspecified atom stereocenters. The first kappa shape index (κ1) is 23.1. The van der Waals surface area contributed by atoms with Gasteiger partial charge in [0.05, 0.1) is 18.6 Å². The van der Waals surface area contributed by atoms with Crippen LogP contribution in [-0.4, -0.2) is 41.6 Å². The summed E-state index contributed by atoms with van der Waals surface area (Å²) in [5.74, 6) is 0.678. The lowest BCUT2D eigenvalue weighted by atomic mass is 10.1. The van der Waals surface area contributed by atoms with Crippen molar-refractivity contribution in [2.75, 3.05) is 26.9 Å². The van der Waals surface area contributed by atoms with Gasteiger partial charge >= 0.3 is 0 Å². The second-order valence-corrected chi connectivity index (χ2v) is 8.80. The van der Waals surface area contributed by atoms with E-state index >= 15 is 0 Å². The smallest absolute Gasteiger partial charge is 0.296 e. The van der Waals surface area contributed by atoms with Crippen LogP contribution in [0.15, 0.2) is 29.2 Å². The number of hydrogen-bond donors (Lipinski definition) is 0. The van der Waals surface area contributed by atoms with Crippen molar-refractivity contribution in [1.29, 1.82) is 0 Å². The minimum atomic E-state index is -3.63. The molecule has 0 N–H and O–H groups in total. The Kier molecular flexibility index (Phi) is 10.9. The molecule has 0 spiro atoms. The van der Waals surface area contributed by atoms with Gasteiger partial charge in [-0.3, -0.25) is 4.18 Å². The SMILES string of the molecule is COS(=O)(=O)c1ccc(OCCCCCCCCCOC2CCCCO2)cc1. The minimum Gasteiger partial charge on any atom is -0.494 e. The van der Waals surface area contributed by atoms with E-state index in [1.165, 1.54) is 44.2 Å². The van der Waals surface area contributed by atoms with Crippen LogP contribution in [0, 0.1) is 0 Å². The first-order valence-electron chi connectivity index (χ1n) is 10.4. The van der Waals surface area contributed by atoms with E-state index in [0.29, 0.717) is 12.4 Å². The van der Waals surface area contributed by atoms with Crippen LogP contribution < -0.4 is 4.74 Å². The predicted octanol–water partition coefficient (Wildman–Crippen LogP) is 4.67. The van der Waals surface area contributed by atoms with Crippen LogP contribution in [0.3, 0.4) is 0 Å². The average molecular weight is 415 g/mol. The summed E-state index contributed by atoms with van der Waals surface area (Å²) >= 11 is 0. The molecule has 1 atom stereocenters. The van der Waals surface area contributed by atoms with Gasteiger partial charge in [0, 0.05) is 13.2 Å². The predicted molar refractivity (Wildman–Crippen MR) is 108 cm³/mol. The molecule has 1 aliphatic heterocycles. The van der Waals surface area contributed by atoms with Gasteiger partial charge in [0.2, 0.25) is 0 Å². The molecule has 0 bridgehead atoms. The third-order valence-electron chi connectivity index (χ3n) is 4.83. The summed E-state index contributed by atoms with van der Waals surface area (Å²) in [5.41, 5.74) is 0. The van der Waals surface area contributed by atoms with Gasteiger partial charge in [0.1, 0.15) is 5.75 Å². The molecule has 160 valence electrons. The molecule has 1 aromatic carbocycles. The van der Waals surface area contributed by atoms with E-state index in [0.717, 1.165) is 52.4 Å². The van der Waals surface area contributed by atoms with Gasteiger partial charge in [0.15, 0.2) is 6.29 Å². The highest BCUT2D eigenvalue weighted by atomic mass is 32.2. The monoisotopic (exact) mass is 414 g/mol. The Bertz CT molecular complexity index is 623. The molecule has 0 radical (unpaired) electrons. The first-order valence-corrected chi connectivity index (χ1v) is 11.8. The summed E-state index contributed by atoms with van der Waals surface area (Å²) < 4.78 is 44.5. The van der Waals surface area contributed by atoms with Crippen LogP contribution in [0.25, 0.3) is 0 Å². The van der Waals surface area contributed by atoms with Gasteiger partial charge in [-0.05, 0) is 56.4 Å². The van der Waals surface area contributed by atoms with Crippen molar-refractivity contribution in [1.82, 2.24) is 0 Å². The molecular weight excluding hydrogens is 380 g/mol. The second kappa shape index (κ2) is 13.1. The lowest BCUT2D eigenvalue weighted by Crippen LogP contribution is -2.22. The molecule has 1 fully saturated rings. The summed E-state index contributed by atoms with van der Waals surface area (Å²) in [6, 6.07) is 6.31. The van der Waals surface area contributed by atoms with E-state index < -0.39 is 10.1 Å². The zero-order valence-electron chi connectivity index (χ0n) is 16.9. The summed E-state index contributed by atoms with van der Waals surface area (Å²) in [6.07, 6.45) is 11.6. The van der Waals surface area contributed by atoms with Crippen LogP contribution in [0.2, 0.25) is 0 Å². The zero-order chi connectivity index (χ0) is 20.1. The number of ether oxygens (including phenoxy) is 3. The normalized spacial score (nSPS) is 17.5. The molecule has 0 aliphatic carbocycles. The average Bonchev–Trinajstić information content (AvgIpc) is 2.73. The van der Waals surface area contributed by atoms with Crippen molar-refractivity contribution >= 4 is 10.1 Å². The Hall–Kier alpha value is -1.15. The number of hydrogen-bond acceptors (Lipinski definition) is 6. The van der Waals surface area contributed by atoms with Gasteiger partial charge in [-0.2, -0.15) is 8.42 Å². The molecule has 28 heavy (non-hydrogen) atoms. The van der Waals surface area contributed by atoms with Gasteiger partial charge in [0.25, 0.3) is 10.1 Å². The zero-order valence-corrected chi connectivity index (χ0v) is 17.8. The Morgan fingerprint density at radius 1 is 0.929 bits per heavy atom. The maximum absolute atomic E-state index is 11.6. The lowest BCUT2D eigenvalue weighted by molar-refractivity contribution is -0.162. The van der Waals surface area contributed by atoms with Gasteiger partial charge in [-0.25, -0.2) is 0 Å². The first-order chi connectivity index (χ1) is 13.6. The van der Waals surface area contributed by atoms with Gasteiger partial charge in [-0.1, -0.05) is 32.1 Å². The van der Waals surface area contributed by atoms with E-state index in [1.54, 1.807) is 12.1 Å². The molecule has 6 nitrogen and oxygen atoms in total. The van der Waals surface area contributed by atoms with Crippen LogP contribution in [0.1, 0.15) is 64.2 Å². The maximum Gasteiger partial charge on any atom is 0.296 e. The standard InChI is InChI=1S/C21H34O6S/c1-24-28(22,23)20-14-12-19(13-15-20)25-16-8-5-3-2-4-6-9-17-26-21-11-7-10-18-27-21/h12-15,21H,2-11,16-18H2,1H3. The van der Waals surface area contributed by atoms with Crippen molar-refractivity contribution in [2.45, 2.75) is 75.4 Å². The minimum absolute atomic E-state index is 0.0364. The number of benzene rings is 1. The summed E-state index contributed by atoms with van der Waals surface area (Å²) in [6.45, 7) is 2.30. The Morgan fingerprint density at radius 2 is 1.57 bits per heavy atom. The van der Waals surface area contributed by atoms with Crippen LogP contribution >= 0.6 is 0 Å². The highest BCUT2D eigenvalue weighted by Crippen LogP contribution is 2.18. The van der Waals surface area contributed by atoms with E-state index in [4.69, 9.17) is 14.2 Å². The van der Waals surface area contributed by atoms with E-state index in [9.17, 15) is 8.42 Å². The van der Waals surface area contributed by atoms with Crippen LogP contribution in [0.4, 0.5) is 0 Å². The third-order valence-corrected chi connectivity index (χ3v) is 6.12. The second-order valence-electron chi connectivity index (χ2n) is 7.08. The third kappa shape index (κ3) is 8.90. The van der Waals surface area contributed by atoms with Crippen molar-refractivity contribution in [2.24, 2.45) is 0 Å².